The average molecular weight is 344 g/mol. The largest absolute Gasteiger partial charge is 0.491 e. The highest BCUT2D eigenvalue weighted by Crippen LogP contribution is 2.35. The first-order valence-corrected chi connectivity index (χ1v) is 9.01. The van der Waals surface area contributed by atoms with Gasteiger partial charge in [0.2, 0.25) is 0 Å². The van der Waals surface area contributed by atoms with Gasteiger partial charge in [0.25, 0.3) is 5.91 Å². The van der Waals surface area contributed by atoms with Crippen molar-refractivity contribution in [1.29, 1.82) is 5.26 Å². The molecule has 0 aliphatic heterocycles. The predicted octanol–water partition coefficient (Wildman–Crippen LogP) is 4.27. The Kier molecular flexibility index (Phi) is 6.44. The number of anilines is 1. The van der Waals surface area contributed by atoms with Gasteiger partial charge in [0.15, 0.2) is 0 Å². The number of hydrogen-bond donors (Lipinski definition) is 1. The first-order chi connectivity index (χ1) is 11.9. The maximum absolute atomic E-state index is 12.8. The van der Waals surface area contributed by atoms with Crippen LogP contribution in [0.1, 0.15) is 58.4 Å². The van der Waals surface area contributed by atoms with Crippen LogP contribution < -0.4 is 10.1 Å². The molecule has 0 bridgehead atoms. The van der Waals surface area contributed by atoms with E-state index in [9.17, 15) is 10.1 Å². The van der Waals surface area contributed by atoms with Gasteiger partial charge in [0.1, 0.15) is 17.4 Å². The maximum Gasteiger partial charge on any atom is 0.256 e. The Morgan fingerprint density at radius 2 is 2.12 bits per heavy atom. The molecule has 1 atom stereocenters. The van der Waals surface area contributed by atoms with Crippen molar-refractivity contribution in [2.75, 3.05) is 12.4 Å². The zero-order valence-electron chi connectivity index (χ0n) is 15.6. The van der Waals surface area contributed by atoms with Crippen LogP contribution >= 0.6 is 0 Å². The third-order valence-electron chi connectivity index (χ3n) is 5.16. The molecule has 0 radical (unpaired) electrons. The van der Waals surface area contributed by atoms with Crippen molar-refractivity contribution in [3.05, 3.63) is 23.8 Å². The zero-order valence-corrected chi connectivity index (χ0v) is 15.6. The molecule has 1 amide bonds. The highest BCUT2D eigenvalue weighted by molar-refractivity contribution is 5.98. The normalized spacial score (nSPS) is 24.2. The van der Waals surface area contributed by atoms with Crippen LogP contribution in [0, 0.1) is 17.2 Å². The maximum atomic E-state index is 12.8. The summed E-state index contributed by atoms with van der Waals surface area (Å²) in [6.07, 6.45) is 4.30. The number of rotatable bonds is 6. The molecule has 1 aliphatic rings. The topological polar surface area (TPSA) is 71.3 Å². The number of amides is 1. The molecule has 1 unspecified atom stereocenters. The van der Waals surface area contributed by atoms with Crippen LogP contribution in [-0.2, 0) is 9.53 Å². The number of hydrogen-bond acceptors (Lipinski definition) is 4. The van der Waals surface area contributed by atoms with Crippen LogP contribution in [0.15, 0.2) is 18.2 Å². The van der Waals surface area contributed by atoms with Crippen molar-refractivity contribution in [1.82, 2.24) is 0 Å². The van der Waals surface area contributed by atoms with Crippen LogP contribution in [0.4, 0.5) is 5.69 Å². The minimum Gasteiger partial charge on any atom is -0.491 e. The summed E-state index contributed by atoms with van der Waals surface area (Å²) in [6, 6.07) is 7.32. The number of carbonyl (C=O) groups excluding carboxylic acids is 1. The first kappa shape index (κ1) is 19.3. The summed E-state index contributed by atoms with van der Waals surface area (Å²) in [4.78, 5) is 12.8. The van der Waals surface area contributed by atoms with Crippen LogP contribution in [0.5, 0.6) is 5.75 Å². The van der Waals surface area contributed by atoms with Crippen molar-refractivity contribution in [3.63, 3.8) is 0 Å². The Hall–Kier alpha value is -2.06. The van der Waals surface area contributed by atoms with E-state index in [-0.39, 0.29) is 12.0 Å². The summed E-state index contributed by atoms with van der Waals surface area (Å²) < 4.78 is 11.4. The second-order valence-corrected chi connectivity index (χ2v) is 6.99. The summed E-state index contributed by atoms with van der Waals surface area (Å²) >= 11 is 0. The lowest BCUT2D eigenvalue weighted by Gasteiger charge is -2.36. The predicted molar refractivity (Wildman–Crippen MR) is 97.5 cm³/mol. The third-order valence-corrected chi connectivity index (χ3v) is 5.16. The number of ether oxygens (including phenoxy) is 2. The summed E-state index contributed by atoms with van der Waals surface area (Å²) in [5, 5.41) is 12.3. The van der Waals surface area contributed by atoms with Gasteiger partial charge in [0.05, 0.1) is 17.4 Å². The summed E-state index contributed by atoms with van der Waals surface area (Å²) in [6.45, 7) is 6.22. The molecule has 0 saturated heterocycles. The zero-order chi connectivity index (χ0) is 18.4. The van der Waals surface area contributed by atoms with Crippen molar-refractivity contribution < 1.29 is 14.3 Å². The molecule has 1 N–H and O–H groups in total. The van der Waals surface area contributed by atoms with E-state index in [0.717, 1.165) is 19.3 Å². The van der Waals surface area contributed by atoms with Gasteiger partial charge in [-0.05, 0) is 57.1 Å². The standard InChI is InChI=1S/C20H28N2O3/c1-5-15(3)25-17-6-7-18(16(12-17)13-21)22-19(23)20(24-4)10-8-14(2)9-11-20/h6-7,12,14-15H,5,8-11H2,1-4H3,(H,22,23). The van der Waals surface area contributed by atoms with Crippen LogP contribution in [-0.4, -0.2) is 24.7 Å². The van der Waals surface area contributed by atoms with Gasteiger partial charge in [-0.25, -0.2) is 0 Å². The fourth-order valence-corrected chi connectivity index (χ4v) is 3.10. The number of nitrogens with one attached hydrogen (secondary N) is 1. The Balaban J connectivity index is 2.16. The average Bonchev–Trinajstić information content (AvgIpc) is 2.63. The van der Waals surface area contributed by atoms with Crippen LogP contribution in [0.3, 0.4) is 0 Å². The summed E-state index contributed by atoms with van der Waals surface area (Å²) in [7, 11) is 1.59. The molecule has 1 aromatic rings. The molecule has 136 valence electrons. The smallest absolute Gasteiger partial charge is 0.256 e. The molecule has 1 aromatic carbocycles. The van der Waals surface area contributed by atoms with E-state index in [0.29, 0.717) is 35.8 Å². The molecule has 1 aliphatic carbocycles. The lowest BCUT2D eigenvalue weighted by molar-refractivity contribution is -0.142. The molecule has 1 fully saturated rings. The number of nitriles is 1. The fraction of sp³-hybridized carbons (Fsp3) is 0.600. The van der Waals surface area contributed by atoms with E-state index in [4.69, 9.17) is 9.47 Å². The van der Waals surface area contributed by atoms with E-state index in [1.54, 1.807) is 25.3 Å². The Labute approximate surface area is 150 Å². The lowest BCUT2D eigenvalue weighted by Crippen LogP contribution is -2.47. The molecule has 1 saturated carbocycles. The Morgan fingerprint density at radius 1 is 1.44 bits per heavy atom. The summed E-state index contributed by atoms with van der Waals surface area (Å²) in [5.74, 6) is 1.08. The molecule has 25 heavy (non-hydrogen) atoms. The van der Waals surface area contributed by atoms with Gasteiger partial charge in [0, 0.05) is 13.2 Å². The number of carbonyl (C=O) groups is 1. The number of methoxy groups -OCH3 is 1. The molecular formula is C20H28N2O3. The molecular weight excluding hydrogens is 316 g/mol. The van der Waals surface area contributed by atoms with Gasteiger partial charge in [-0.1, -0.05) is 13.8 Å². The van der Waals surface area contributed by atoms with Crippen LogP contribution in [0.2, 0.25) is 0 Å². The second-order valence-electron chi connectivity index (χ2n) is 6.99. The van der Waals surface area contributed by atoms with E-state index < -0.39 is 5.60 Å². The van der Waals surface area contributed by atoms with Gasteiger partial charge in [-0.3, -0.25) is 4.79 Å². The van der Waals surface area contributed by atoms with Crippen molar-refractivity contribution in [3.8, 4) is 11.8 Å². The van der Waals surface area contributed by atoms with Gasteiger partial charge >= 0.3 is 0 Å². The number of nitrogens with zero attached hydrogens (tertiary/aromatic N) is 1. The lowest BCUT2D eigenvalue weighted by atomic mass is 9.79. The SMILES string of the molecule is CCC(C)Oc1ccc(NC(=O)C2(OC)CCC(C)CC2)c(C#N)c1. The number of benzene rings is 1. The fourth-order valence-electron chi connectivity index (χ4n) is 3.10. The third kappa shape index (κ3) is 4.52. The van der Waals surface area contributed by atoms with Crippen LogP contribution in [0.25, 0.3) is 0 Å². The highest BCUT2D eigenvalue weighted by Gasteiger charge is 2.41. The quantitative estimate of drug-likeness (QED) is 0.836. The molecule has 5 nitrogen and oxygen atoms in total. The molecule has 0 spiro atoms. The van der Waals surface area contributed by atoms with E-state index in [1.807, 2.05) is 13.8 Å². The van der Waals surface area contributed by atoms with Gasteiger partial charge in [-0.2, -0.15) is 5.26 Å². The van der Waals surface area contributed by atoms with Gasteiger partial charge < -0.3 is 14.8 Å². The Morgan fingerprint density at radius 3 is 2.68 bits per heavy atom. The van der Waals surface area contributed by atoms with E-state index >= 15 is 0 Å². The monoisotopic (exact) mass is 344 g/mol. The molecule has 0 aromatic heterocycles. The highest BCUT2D eigenvalue weighted by atomic mass is 16.5. The second kappa shape index (κ2) is 8.35. The molecule has 0 heterocycles. The van der Waals surface area contributed by atoms with E-state index in [1.165, 1.54) is 0 Å². The minimum absolute atomic E-state index is 0.0768. The van der Waals surface area contributed by atoms with Crippen molar-refractivity contribution >= 4 is 11.6 Å². The first-order valence-electron chi connectivity index (χ1n) is 9.01. The minimum atomic E-state index is -0.800. The van der Waals surface area contributed by atoms with Crippen molar-refractivity contribution in [2.24, 2.45) is 5.92 Å². The van der Waals surface area contributed by atoms with Gasteiger partial charge in [-0.15, -0.1) is 0 Å². The van der Waals surface area contributed by atoms with E-state index in [2.05, 4.69) is 18.3 Å². The molecule has 5 heteroatoms. The summed E-state index contributed by atoms with van der Waals surface area (Å²) in [5.41, 5.74) is 0.0918. The Bertz CT molecular complexity index is 643. The molecule has 2 rings (SSSR count). The van der Waals surface area contributed by atoms with Crippen molar-refractivity contribution in [2.45, 2.75) is 64.6 Å².